The van der Waals surface area contributed by atoms with Crippen LogP contribution in [0.15, 0.2) is 12.3 Å². The number of nitrogens with one attached hydrogen (secondary N) is 1. The molecule has 0 aromatic carbocycles. The van der Waals surface area contributed by atoms with Gasteiger partial charge < -0.3 is 11.1 Å². The summed E-state index contributed by atoms with van der Waals surface area (Å²) in [5.74, 6) is -0.333. The molecule has 0 radical (unpaired) electrons. The average molecular weight is 198 g/mol. The third-order valence-corrected chi connectivity index (χ3v) is 2.06. The third-order valence-electron chi connectivity index (χ3n) is 2.06. The maximum Gasteiger partial charge on any atom is 0.214 e. The molecule has 1 aliphatic rings. The van der Waals surface area contributed by atoms with Gasteiger partial charge in [0.15, 0.2) is 0 Å². The van der Waals surface area contributed by atoms with Crippen molar-refractivity contribution in [3.05, 3.63) is 12.3 Å². The molecule has 82 valence electrons. The summed E-state index contributed by atoms with van der Waals surface area (Å²) >= 11 is 0. The molecule has 0 atom stereocenters. The van der Waals surface area contributed by atoms with Crippen LogP contribution in [0.2, 0.25) is 0 Å². The van der Waals surface area contributed by atoms with Gasteiger partial charge in [-0.2, -0.15) is 0 Å². The number of amides is 1. The van der Waals surface area contributed by atoms with Gasteiger partial charge in [-0.05, 0) is 19.8 Å². The minimum Gasteiger partial charge on any atom is -0.386 e. The molecule has 3 nitrogen and oxygen atoms in total. The molecule has 0 saturated heterocycles. The van der Waals surface area contributed by atoms with Gasteiger partial charge in [-0.3, -0.25) is 4.79 Å². The van der Waals surface area contributed by atoms with E-state index in [0.717, 1.165) is 11.7 Å². The van der Waals surface area contributed by atoms with Crippen molar-refractivity contribution in [1.82, 2.24) is 5.32 Å². The lowest BCUT2D eigenvalue weighted by molar-refractivity contribution is -0.115. The Morgan fingerprint density at radius 2 is 1.71 bits per heavy atom. The van der Waals surface area contributed by atoms with Crippen LogP contribution in [-0.4, -0.2) is 11.9 Å². The topological polar surface area (TPSA) is 55.1 Å². The van der Waals surface area contributed by atoms with Crippen molar-refractivity contribution in [2.75, 3.05) is 0 Å². The van der Waals surface area contributed by atoms with Crippen molar-refractivity contribution in [3.8, 4) is 0 Å². The van der Waals surface area contributed by atoms with Gasteiger partial charge in [-0.15, -0.1) is 0 Å². The monoisotopic (exact) mass is 198 g/mol. The van der Waals surface area contributed by atoms with Crippen LogP contribution < -0.4 is 11.1 Å². The number of hydrogen-bond acceptors (Lipinski definition) is 2. The molecule has 1 aliphatic carbocycles. The largest absolute Gasteiger partial charge is 0.386 e. The van der Waals surface area contributed by atoms with E-state index in [-0.39, 0.29) is 5.91 Å². The molecule has 1 fully saturated rings. The maximum absolute atomic E-state index is 9.22. The Bertz CT molecular complexity index is 180. The Labute approximate surface area is 86.8 Å². The highest BCUT2D eigenvalue weighted by Crippen LogP contribution is 2.17. The predicted octanol–water partition coefficient (Wildman–Crippen LogP) is 1.93. The number of carbonyl (C=O) groups is 1. The van der Waals surface area contributed by atoms with Crippen molar-refractivity contribution in [3.63, 3.8) is 0 Å². The van der Waals surface area contributed by atoms with E-state index in [9.17, 15) is 4.79 Å². The molecular weight excluding hydrogens is 176 g/mol. The van der Waals surface area contributed by atoms with Gasteiger partial charge >= 0.3 is 0 Å². The van der Waals surface area contributed by atoms with Crippen LogP contribution >= 0.6 is 0 Å². The fraction of sp³-hybridized carbons (Fsp3) is 0.727. The first kappa shape index (κ1) is 13.0. The average Bonchev–Trinajstić information content (AvgIpc) is 2.03. The molecule has 3 heteroatoms. The molecule has 0 aliphatic heterocycles. The molecule has 0 aromatic heterocycles. The summed E-state index contributed by atoms with van der Waals surface area (Å²) in [6, 6.07) is 0.728. The van der Waals surface area contributed by atoms with E-state index in [2.05, 4.69) is 17.6 Å². The van der Waals surface area contributed by atoms with E-state index in [0.29, 0.717) is 0 Å². The van der Waals surface area contributed by atoms with Gasteiger partial charge in [0.1, 0.15) is 0 Å². The smallest absolute Gasteiger partial charge is 0.214 e. The second kappa shape index (κ2) is 7.42. The Hall–Kier alpha value is -0.990. The lowest BCUT2D eigenvalue weighted by atomic mass is 9.95. The minimum absolute atomic E-state index is 0.333. The number of hydrogen-bond donors (Lipinski definition) is 2. The molecule has 1 amide bonds. The fourth-order valence-corrected chi connectivity index (χ4v) is 1.60. The van der Waals surface area contributed by atoms with Crippen LogP contribution in [-0.2, 0) is 4.79 Å². The van der Waals surface area contributed by atoms with Gasteiger partial charge in [0.05, 0.1) is 0 Å². The van der Waals surface area contributed by atoms with E-state index in [4.69, 9.17) is 0 Å². The number of primary amides is 1. The Balaban J connectivity index is 0.000000364. The molecule has 0 unspecified atom stereocenters. The second-order valence-electron chi connectivity index (χ2n) is 3.87. The van der Waals surface area contributed by atoms with Gasteiger partial charge in [0.2, 0.25) is 5.91 Å². The lowest BCUT2D eigenvalue weighted by Crippen LogP contribution is -2.28. The number of allylic oxidation sites excluding steroid dienone is 1. The SMILES string of the molecule is C=C(C)NC1CCCCC1.CC(N)=O. The molecule has 1 rings (SSSR count). The van der Waals surface area contributed by atoms with Gasteiger partial charge in [0.25, 0.3) is 0 Å². The van der Waals surface area contributed by atoms with Crippen molar-refractivity contribution in [2.45, 2.75) is 52.0 Å². The van der Waals surface area contributed by atoms with Gasteiger partial charge in [-0.25, -0.2) is 0 Å². The minimum atomic E-state index is -0.333. The third kappa shape index (κ3) is 9.10. The van der Waals surface area contributed by atoms with Crippen LogP contribution in [0.3, 0.4) is 0 Å². The first-order valence-electron chi connectivity index (χ1n) is 5.20. The number of carbonyl (C=O) groups excluding carboxylic acids is 1. The van der Waals surface area contributed by atoms with E-state index in [1.807, 2.05) is 6.92 Å². The molecular formula is C11H22N2O. The van der Waals surface area contributed by atoms with Crippen molar-refractivity contribution >= 4 is 5.91 Å². The van der Waals surface area contributed by atoms with Gasteiger partial charge in [-0.1, -0.05) is 25.8 Å². The summed E-state index contributed by atoms with van der Waals surface area (Å²) in [4.78, 5) is 9.22. The maximum atomic E-state index is 9.22. The highest BCUT2D eigenvalue weighted by atomic mass is 16.1. The molecule has 0 bridgehead atoms. The number of nitrogens with two attached hydrogens (primary N) is 1. The Morgan fingerprint density at radius 3 is 2.07 bits per heavy atom. The fourth-order valence-electron chi connectivity index (χ4n) is 1.60. The Kier molecular flexibility index (Phi) is 6.89. The van der Waals surface area contributed by atoms with E-state index >= 15 is 0 Å². The van der Waals surface area contributed by atoms with Gasteiger partial charge in [0, 0.05) is 18.7 Å². The van der Waals surface area contributed by atoms with Crippen LogP contribution in [0.4, 0.5) is 0 Å². The first-order valence-corrected chi connectivity index (χ1v) is 5.20. The zero-order chi connectivity index (χ0) is 11.0. The summed E-state index contributed by atoms with van der Waals surface area (Å²) in [7, 11) is 0. The van der Waals surface area contributed by atoms with Crippen LogP contribution in [0, 0.1) is 0 Å². The summed E-state index contributed by atoms with van der Waals surface area (Å²) in [6.45, 7) is 7.18. The lowest BCUT2D eigenvalue weighted by Gasteiger charge is -2.23. The highest BCUT2D eigenvalue weighted by Gasteiger charge is 2.11. The predicted molar refractivity (Wildman–Crippen MR) is 59.7 cm³/mol. The Morgan fingerprint density at radius 1 is 1.29 bits per heavy atom. The molecule has 0 heterocycles. The molecule has 14 heavy (non-hydrogen) atoms. The molecule has 0 spiro atoms. The summed E-state index contributed by atoms with van der Waals surface area (Å²) in [6.07, 6.45) is 6.89. The normalized spacial score (nSPS) is 16.4. The zero-order valence-electron chi connectivity index (χ0n) is 9.31. The highest BCUT2D eigenvalue weighted by molar-refractivity contribution is 5.70. The van der Waals surface area contributed by atoms with Crippen LogP contribution in [0.1, 0.15) is 46.0 Å². The van der Waals surface area contributed by atoms with Crippen molar-refractivity contribution in [2.24, 2.45) is 5.73 Å². The standard InChI is InChI=1S/C9H17N.C2H5NO/c1-8(2)10-9-6-4-3-5-7-9;1-2(3)4/h9-10H,1,3-7H2,2H3;1H3,(H2,3,4). The summed E-state index contributed by atoms with van der Waals surface area (Å²) in [5.41, 5.74) is 5.59. The van der Waals surface area contributed by atoms with Crippen LogP contribution in [0.25, 0.3) is 0 Å². The van der Waals surface area contributed by atoms with E-state index in [1.165, 1.54) is 39.0 Å². The summed E-state index contributed by atoms with van der Waals surface area (Å²) in [5, 5.41) is 3.39. The molecule has 3 N–H and O–H groups in total. The van der Waals surface area contributed by atoms with Crippen molar-refractivity contribution < 1.29 is 4.79 Å². The van der Waals surface area contributed by atoms with Crippen molar-refractivity contribution in [1.29, 1.82) is 0 Å². The van der Waals surface area contributed by atoms with Crippen LogP contribution in [0.5, 0.6) is 0 Å². The summed E-state index contributed by atoms with van der Waals surface area (Å²) < 4.78 is 0. The quantitative estimate of drug-likeness (QED) is 0.712. The van der Waals surface area contributed by atoms with E-state index in [1.54, 1.807) is 0 Å². The molecule has 1 saturated carbocycles. The molecule has 0 aromatic rings. The first-order chi connectivity index (χ1) is 6.52. The van der Waals surface area contributed by atoms with E-state index < -0.39 is 0 Å². The second-order valence-corrected chi connectivity index (χ2v) is 3.87. The number of rotatable bonds is 2. The zero-order valence-corrected chi connectivity index (χ0v) is 9.31.